The molecule has 0 spiro atoms. The zero-order valence-corrected chi connectivity index (χ0v) is 17.0. The molecule has 162 valence electrons. The van der Waals surface area contributed by atoms with Crippen molar-refractivity contribution < 1.29 is 37.3 Å². The van der Waals surface area contributed by atoms with Crippen molar-refractivity contribution in [2.24, 2.45) is 5.92 Å². The normalized spacial score (nSPS) is 24.4. The van der Waals surface area contributed by atoms with E-state index in [1.165, 1.54) is 49.9 Å². The molecule has 1 aromatic carbocycles. The predicted octanol–water partition coefficient (Wildman–Crippen LogP) is 3.21. The molecule has 2 N–H and O–H groups in total. The summed E-state index contributed by atoms with van der Waals surface area (Å²) < 4.78 is 52.9. The van der Waals surface area contributed by atoms with Crippen LogP contribution in [0.2, 0.25) is 0 Å². The van der Waals surface area contributed by atoms with Crippen molar-refractivity contribution in [1.82, 2.24) is 10.2 Å². The average Bonchev–Trinajstić information content (AvgIpc) is 3.24. The Morgan fingerprint density at radius 2 is 1.93 bits per heavy atom. The maximum atomic E-state index is 14.1. The number of alkyl halides is 3. The Kier molecular flexibility index (Phi) is 5.70. The third-order valence-electron chi connectivity index (χ3n) is 5.09. The van der Waals surface area contributed by atoms with Gasteiger partial charge in [-0.15, -0.1) is 11.3 Å². The van der Waals surface area contributed by atoms with E-state index in [1.807, 2.05) is 0 Å². The monoisotopic (exact) mass is 444 g/mol. The van der Waals surface area contributed by atoms with Gasteiger partial charge in [-0.2, -0.15) is 13.2 Å². The molecule has 1 aliphatic rings. The molecule has 2 aromatic rings. The summed E-state index contributed by atoms with van der Waals surface area (Å²) in [4.78, 5) is 25.8. The van der Waals surface area contributed by atoms with Crippen LogP contribution in [0.3, 0.4) is 0 Å². The van der Waals surface area contributed by atoms with E-state index in [9.17, 15) is 27.9 Å². The molecule has 3 atom stereocenters. The lowest BCUT2D eigenvalue weighted by Crippen LogP contribution is -2.72. The van der Waals surface area contributed by atoms with Crippen molar-refractivity contribution in [2.75, 3.05) is 21.3 Å². The highest BCUT2D eigenvalue weighted by Crippen LogP contribution is 2.50. The first-order valence-electron chi connectivity index (χ1n) is 8.70. The number of Topliss-reactive ketones (excluding diaryl/α,β-unsaturated/α-hetero) is 1. The zero-order valence-electron chi connectivity index (χ0n) is 16.2. The maximum absolute atomic E-state index is 14.1. The first-order chi connectivity index (χ1) is 14.1. The Hall–Kier alpha value is -2.79. The minimum atomic E-state index is -5.32. The predicted molar refractivity (Wildman–Crippen MR) is 102 cm³/mol. The average molecular weight is 444 g/mol. The number of halogens is 3. The van der Waals surface area contributed by atoms with Gasteiger partial charge in [-0.05, 0) is 17.5 Å². The number of rotatable bonds is 5. The van der Waals surface area contributed by atoms with E-state index in [0.29, 0.717) is 0 Å². The van der Waals surface area contributed by atoms with Crippen molar-refractivity contribution in [3.05, 3.63) is 46.2 Å². The van der Waals surface area contributed by atoms with Gasteiger partial charge in [0.25, 0.3) is 5.72 Å². The van der Waals surface area contributed by atoms with Gasteiger partial charge in [0.1, 0.15) is 5.92 Å². The molecule has 3 unspecified atom stereocenters. The Labute approximate surface area is 174 Å². The van der Waals surface area contributed by atoms with Gasteiger partial charge >= 0.3 is 12.2 Å². The van der Waals surface area contributed by atoms with Gasteiger partial charge in [0.15, 0.2) is 17.3 Å². The maximum Gasteiger partial charge on any atom is 0.437 e. The van der Waals surface area contributed by atoms with Gasteiger partial charge in [0, 0.05) is 12.6 Å². The summed E-state index contributed by atoms with van der Waals surface area (Å²) in [5.74, 6) is -2.84. The standard InChI is InChI=1S/C19H19F3N2O5S/c1-24-17(26)23-14(10-6-4-7-11(28-2)16(10)29-3)13(18(24,27)19(20,21)22)15(25)12-8-5-9-30-12/h4-9,13-14,27H,1-3H3,(H,23,26). The largest absolute Gasteiger partial charge is 0.493 e. The van der Waals surface area contributed by atoms with Crippen LogP contribution in [0.5, 0.6) is 11.5 Å². The van der Waals surface area contributed by atoms with Crippen LogP contribution in [0.4, 0.5) is 18.0 Å². The van der Waals surface area contributed by atoms with Crippen LogP contribution in [-0.4, -0.2) is 55.0 Å². The number of amides is 2. The van der Waals surface area contributed by atoms with E-state index >= 15 is 0 Å². The first kappa shape index (κ1) is 21.9. The molecule has 3 rings (SSSR count). The molecule has 1 aromatic heterocycles. The topological polar surface area (TPSA) is 88.1 Å². The van der Waals surface area contributed by atoms with Crippen LogP contribution in [-0.2, 0) is 0 Å². The molecule has 0 saturated carbocycles. The number of methoxy groups -OCH3 is 2. The number of benzene rings is 1. The lowest BCUT2D eigenvalue weighted by atomic mass is 9.77. The lowest BCUT2D eigenvalue weighted by molar-refractivity contribution is -0.322. The van der Waals surface area contributed by atoms with E-state index in [4.69, 9.17) is 9.47 Å². The Morgan fingerprint density at radius 3 is 2.47 bits per heavy atom. The highest BCUT2D eigenvalue weighted by molar-refractivity contribution is 7.12. The van der Waals surface area contributed by atoms with Crippen molar-refractivity contribution in [1.29, 1.82) is 0 Å². The number of hydrogen-bond donors (Lipinski definition) is 2. The molecule has 7 nitrogen and oxygen atoms in total. The van der Waals surface area contributed by atoms with Crippen LogP contribution >= 0.6 is 11.3 Å². The second-order valence-corrected chi connectivity index (χ2v) is 7.56. The molecule has 1 fully saturated rings. The van der Waals surface area contributed by atoms with Gasteiger partial charge in [-0.3, -0.25) is 9.69 Å². The molecule has 2 amide bonds. The fraction of sp³-hybridized carbons (Fsp3) is 0.368. The Bertz CT molecular complexity index is 950. The molecule has 0 aliphatic carbocycles. The number of nitrogens with zero attached hydrogens (tertiary/aromatic N) is 1. The van der Waals surface area contributed by atoms with Crippen LogP contribution in [0.15, 0.2) is 35.7 Å². The summed E-state index contributed by atoms with van der Waals surface area (Å²) in [5.41, 5.74) is -3.69. The summed E-state index contributed by atoms with van der Waals surface area (Å²) in [6.45, 7) is 0. The van der Waals surface area contributed by atoms with Crippen LogP contribution in [0, 0.1) is 5.92 Å². The zero-order chi connectivity index (χ0) is 22.3. The highest BCUT2D eigenvalue weighted by atomic mass is 32.1. The van der Waals surface area contributed by atoms with Crippen molar-refractivity contribution >= 4 is 23.2 Å². The number of nitrogens with one attached hydrogen (secondary N) is 1. The Morgan fingerprint density at radius 1 is 1.23 bits per heavy atom. The molecule has 0 bridgehead atoms. The summed E-state index contributed by atoms with van der Waals surface area (Å²) in [7, 11) is 3.41. The fourth-order valence-electron chi connectivity index (χ4n) is 3.60. The number of carbonyl (C=O) groups is 2. The third kappa shape index (κ3) is 3.27. The summed E-state index contributed by atoms with van der Waals surface area (Å²) >= 11 is 0.938. The molecule has 30 heavy (non-hydrogen) atoms. The number of urea groups is 1. The minimum Gasteiger partial charge on any atom is -0.493 e. The van der Waals surface area contributed by atoms with Crippen molar-refractivity contribution in [3.63, 3.8) is 0 Å². The SMILES string of the molecule is COc1cccc(C2NC(=O)N(C)C(O)(C(F)(F)F)C2C(=O)c2cccs2)c1OC. The van der Waals surface area contributed by atoms with Crippen LogP contribution in [0.25, 0.3) is 0 Å². The van der Waals surface area contributed by atoms with E-state index in [-0.39, 0.29) is 26.8 Å². The number of ether oxygens (including phenoxy) is 2. The highest BCUT2D eigenvalue weighted by Gasteiger charge is 2.69. The smallest absolute Gasteiger partial charge is 0.437 e. The molecule has 11 heteroatoms. The summed E-state index contributed by atoms with van der Waals surface area (Å²) in [6.07, 6.45) is -5.32. The van der Waals surface area contributed by atoms with E-state index in [2.05, 4.69) is 5.32 Å². The van der Waals surface area contributed by atoms with Gasteiger partial charge < -0.3 is 19.9 Å². The van der Waals surface area contributed by atoms with Crippen LogP contribution in [0.1, 0.15) is 21.3 Å². The number of aliphatic hydroxyl groups is 1. The Balaban J connectivity index is 2.27. The quantitative estimate of drug-likeness (QED) is 0.692. The number of ketones is 1. The molecular weight excluding hydrogens is 425 g/mol. The van der Waals surface area contributed by atoms with Crippen molar-refractivity contribution in [2.45, 2.75) is 17.9 Å². The van der Waals surface area contributed by atoms with E-state index in [1.54, 1.807) is 0 Å². The van der Waals surface area contributed by atoms with E-state index < -0.39 is 35.7 Å². The number of para-hydroxylation sites is 1. The number of carbonyl (C=O) groups excluding carboxylic acids is 2. The van der Waals surface area contributed by atoms with Gasteiger partial charge in [0.2, 0.25) is 0 Å². The fourth-order valence-corrected chi connectivity index (χ4v) is 4.30. The minimum absolute atomic E-state index is 0.0130. The van der Waals surface area contributed by atoms with Gasteiger partial charge in [-0.1, -0.05) is 18.2 Å². The molecular formula is C19H19F3N2O5S. The molecule has 0 radical (unpaired) electrons. The van der Waals surface area contributed by atoms with Crippen LogP contribution < -0.4 is 14.8 Å². The lowest BCUT2D eigenvalue weighted by Gasteiger charge is -2.49. The summed E-state index contributed by atoms with van der Waals surface area (Å²) in [5, 5.41) is 14.8. The first-order valence-corrected chi connectivity index (χ1v) is 9.57. The number of thiophene rings is 1. The third-order valence-corrected chi connectivity index (χ3v) is 5.98. The molecule has 2 heterocycles. The second kappa shape index (κ2) is 7.80. The van der Waals surface area contributed by atoms with E-state index in [0.717, 1.165) is 18.4 Å². The number of hydrogen-bond acceptors (Lipinski definition) is 6. The molecule has 1 aliphatic heterocycles. The van der Waals surface area contributed by atoms with Gasteiger partial charge in [-0.25, -0.2) is 4.79 Å². The second-order valence-electron chi connectivity index (χ2n) is 6.61. The molecule has 1 saturated heterocycles. The summed E-state index contributed by atoms with van der Waals surface area (Å²) in [6, 6.07) is 4.55. The van der Waals surface area contributed by atoms with Gasteiger partial charge in [0.05, 0.1) is 25.1 Å². The van der Waals surface area contributed by atoms with Crippen molar-refractivity contribution in [3.8, 4) is 11.5 Å².